The van der Waals surface area contributed by atoms with Gasteiger partial charge in [-0.1, -0.05) is 23.1 Å². The third kappa shape index (κ3) is 5.63. The number of thioether (sulfide) groups is 1. The average molecular weight is 527 g/mol. The van der Waals surface area contributed by atoms with E-state index in [0.29, 0.717) is 35.1 Å². The summed E-state index contributed by atoms with van der Waals surface area (Å²) in [5.41, 5.74) is 2.26. The van der Waals surface area contributed by atoms with Crippen LogP contribution in [0.1, 0.15) is 16.3 Å². The van der Waals surface area contributed by atoms with E-state index >= 15 is 0 Å². The van der Waals surface area contributed by atoms with E-state index in [4.69, 9.17) is 18.9 Å². The number of fused-ring (bicyclic) bond motifs is 1. The van der Waals surface area contributed by atoms with Crippen LogP contribution in [0.2, 0.25) is 0 Å². The van der Waals surface area contributed by atoms with Gasteiger partial charge in [0.25, 0.3) is 0 Å². The number of hydrogen-bond donors (Lipinski definition) is 1. The summed E-state index contributed by atoms with van der Waals surface area (Å²) in [6.45, 7) is 1.88. The zero-order valence-electron chi connectivity index (χ0n) is 20.6. The first-order valence-corrected chi connectivity index (χ1v) is 12.7. The molecule has 0 fully saturated rings. The summed E-state index contributed by atoms with van der Waals surface area (Å²) in [5.74, 6) is 2.36. The summed E-state index contributed by atoms with van der Waals surface area (Å²) >= 11 is 2.80. The Kier molecular flexibility index (Phi) is 8.11. The van der Waals surface area contributed by atoms with Crippen molar-refractivity contribution in [3.05, 3.63) is 52.8 Å². The molecule has 0 unspecified atom stereocenters. The first-order chi connectivity index (χ1) is 17.4. The van der Waals surface area contributed by atoms with Crippen LogP contribution in [-0.2, 0) is 11.2 Å². The third-order valence-corrected chi connectivity index (χ3v) is 7.40. The van der Waals surface area contributed by atoms with Gasteiger partial charge in [0.05, 0.1) is 39.9 Å². The van der Waals surface area contributed by atoms with Crippen molar-refractivity contribution in [3.8, 4) is 23.0 Å². The summed E-state index contributed by atoms with van der Waals surface area (Å²) in [6, 6.07) is 9.38. The minimum Gasteiger partial charge on any atom is -0.493 e. The Morgan fingerprint density at radius 3 is 2.28 bits per heavy atom. The highest BCUT2D eigenvalue weighted by atomic mass is 32.2. The monoisotopic (exact) mass is 526 g/mol. The van der Waals surface area contributed by atoms with Crippen LogP contribution in [0.25, 0.3) is 10.8 Å². The number of amides is 1. The number of nitrogens with one attached hydrogen (secondary N) is 1. The number of rotatable bonds is 10. The number of carbonyl (C=O) groups is 1. The molecule has 0 radical (unpaired) electrons. The quantitative estimate of drug-likeness (QED) is 0.293. The van der Waals surface area contributed by atoms with Gasteiger partial charge in [0.2, 0.25) is 5.91 Å². The van der Waals surface area contributed by atoms with Crippen molar-refractivity contribution in [2.75, 3.05) is 39.5 Å². The number of aryl methyl sites for hydroxylation is 1. The number of methoxy groups -OCH3 is 4. The number of pyridine rings is 1. The molecule has 1 amide bonds. The van der Waals surface area contributed by atoms with Crippen molar-refractivity contribution in [2.45, 2.75) is 17.7 Å². The van der Waals surface area contributed by atoms with E-state index in [2.05, 4.69) is 20.5 Å². The number of benzene rings is 2. The summed E-state index contributed by atoms with van der Waals surface area (Å²) in [4.78, 5) is 17.5. The first kappa shape index (κ1) is 25.5. The third-order valence-electron chi connectivity index (χ3n) is 5.43. The fraction of sp³-hybridized carbons (Fsp3) is 0.280. The van der Waals surface area contributed by atoms with E-state index in [-0.39, 0.29) is 11.7 Å². The Hall–Kier alpha value is -3.57. The molecule has 0 aliphatic carbocycles. The summed E-state index contributed by atoms with van der Waals surface area (Å²) < 4.78 is 22.7. The minimum atomic E-state index is -0.168. The van der Waals surface area contributed by atoms with Gasteiger partial charge in [-0.05, 0) is 42.1 Å². The van der Waals surface area contributed by atoms with Crippen molar-refractivity contribution in [1.82, 2.24) is 15.2 Å². The molecule has 9 nitrogen and oxygen atoms in total. The van der Waals surface area contributed by atoms with Gasteiger partial charge in [-0.25, -0.2) is 0 Å². The van der Waals surface area contributed by atoms with Crippen LogP contribution >= 0.6 is 23.1 Å². The summed E-state index contributed by atoms with van der Waals surface area (Å²) in [7, 11) is 6.34. The Morgan fingerprint density at radius 1 is 0.944 bits per heavy atom. The zero-order chi connectivity index (χ0) is 25.7. The Labute approximate surface area is 217 Å². The molecule has 0 bridgehead atoms. The van der Waals surface area contributed by atoms with Crippen molar-refractivity contribution in [2.24, 2.45) is 0 Å². The number of hydrogen-bond acceptors (Lipinski definition) is 10. The van der Waals surface area contributed by atoms with E-state index in [0.717, 1.165) is 31.4 Å². The normalized spacial score (nSPS) is 10.8. The van der Waals surface area contributed by atoms with Crippen LogP contribution in [0.5, 0.6) is 23.0 Å². The highest BCUT2D eigenvalue weighted by Crippen LogP contribution is 2.37. The maximum absolute atomic E-state index is 12.8. The first-order valence-electron chi connectivity index (χ1n) is 10.9. The smallest absolute Gasteiger partial charge is 0.234 e. The molecule has 4 rings (SSSR count). The van der Waals surface area contributed by atoms with E-state index in [1.165, 1.54) is 23.1 Å². The van der Waals surface area contributed by atoms with E-state index < -0.39 is 0 Å². The molecule has 0 saturated heterocycles. The van der Waals surface area contributed by atoms with Gasteiger partial charge in [0, 0.05) is 29.8 Å². The topological polar surface area (TPSA) is 105 Å². The number of ether oxygens (including phenoxy) is 4. The molecule has 0 aliphatic heterocycles. The zero-order valence-corrected chi connectivity index (χ0v) is 22.2. The van der Waals surface area contributed by atoms with E-state index in [1.54, 1.807) is 40.7 Å². The maximum Gasteiger partial charge on any atom is 0.234 e. The molecule has 2 aromatic heterocycles. The van der Waals surface area contributed by atoms with Crippen molar-refractivity contribution in [1.29, 1.82) is 0 Å². The number of anilines is 1. The second-order valence-electron chi connectivity index (χ2n) is 7.65. The lowest BCUT2D eigenvalue weighted by molar-refractivity contribution is -0.113. The predicted octanol–water partition coefficient (Wildman–Crippen LogP) is 4.75. The Morgan fingerprint density at radius 2 is 1.61 bits per heavy atom. The lowest BCUT2D eigenvalue weighted by Gasteiger charge is -2.17. The molecule has 4 aromatic rings. The number of aromatic nitrogens is 3. The van der Waals surface area contributed by atoms with Crippen molar-refractivity contribution >= 4 is 45.5 Å². The van der Waals surface area contributed by atoms with Gasteiger partial charge in [0.15, 0.2) is 27.3 Å². The molecule has 0 spiro atoms. The largest absolute Gasteiger partial charge is 0.493 e. The standard InChI is InChI=1S/C25H26N4O5S2/c1-14-28-29-25(36-14)35-13-24(30)27-18-12-23(34-5)21(32-3)10-16(18)8-19-17-11-22(33-4)20(31-2)9-15(17)6-7-26-19/h6-7,9-12H,8,13H2,1-5H3,(H,27,30). The molecule has 2 aromatic carbocycles. The molecule has 2 heterocycles. The number of nitrogens with zero attached hydrogens (tertiary/aromatic N) is 3. The van der Waals surface area contributed by atoms with Crippen LogP contribution in [0, 0.1) is 6.92 Å². The minimum absolute atomic E-state index is 0.168. The van der Waals surface area contributed by atoms with Crippen molar-refractivity contribution in [3.63, 3.8) is 0 Å². The van der Waals surface area contributed by atoms with Gasteiger partial charge in [-0.15, -0.1) is 10.2 Å². The summed E-state index contributed by atoms with van der Waals surface area (Å²) in [5, 5.41) is 13.8. The highest BCUT2D eigenvalue weighted by molar-refractivity contribution is 8.01. The van der Waals surface area contributed by atoms with Crippen LogP contribution in [0.3, 0.4) is 0 Å². The second kappa shape index (κ2) is 11.4. The van der Waals surface area contributed by atoms with Gasteiger partial charge < -0.3 is 24.3 Å². The maximum atomic E-state index is 12.8. The van der Waals surface area contributed by atoms with Gasteiger partial charge >= 0.3 is 0 Å². The molecule has 36 heavy (non-hydrogen) atoms. The average Bonchev–Trinajstić information content (AvgIpc) is 3.32. The molecule has 11 heteroatoms. The van der Waals surface area contributed by atoms with Crippen LogP contribution in [0.4, 0.5) is 5.69 Å². The fourth-order valence-electron chi connectivity index (χ4n) is 3.71. The van der Waals surface area contributed by atoms with Gasteiger partial charge in [-0.3, -0.25) is 9.78 Å². The highest BCUT2D eigenvalue weighted by Gasteiger charge is 2.17. The Bertz CT molecular complexity index is 1390. The number of carbonyl (C=O) groups excluding carboxylic acids is 1. The SMILES string of the molecule is COc1cc(Cc2nccc3cc(OC)c(OC)cc23)c(NC(=O)CSc2nnc(C)s2)cc1OC. The molecular weight excluding hydrogens is 500 g/mol. The lowest BCUT2D eigenvalue weighted by Crippen LogP contribution is -2.16. The summed E-state index contributed by atoms with van der Waals surface area (Å²) in [6.07, 6.45) is 2.19. The lowest BCUT2D eigenvalue weighted by atomic mass is 10.0. The molecule has 0 atom stereocenters. The van der Waals surface area contributed by atoms with Crippen molar-refractivity contribution < 1.29 is 23.7 Å². The predicted molar refractivity (Wildman–Crippen MR) is 141 cm³/mol. The van der Waals surface area contributed by atoms with Gasteiger partial charge in [0.1, 0.15) is 5.01 Å². The van der Waals surface area contributed by atoms with E-state index in [1.807, 2.05) is 31.2 Å². The van der Waals surface area contributed by atoms with Crippen LogP contribution < -0.4 is 24.3 Å². The Balaban J connectivity index is 1.67. The van der Waals surface area contributed by atoms with Gasteiger partial charge in [-0.2, -0.15) is 0 Å². The second-order valence-corrected chi connectivity index (χ2v) is 10.1. The molecule has 1 N–H and O–H groups in total. The van der Waals surface area contributed by atoms with Crippen LogP contribution in [0.15, 0.2) is 40.9 Å². The fourth-order valence-corrected chi connectivity index (χ4v) is 5.33. The van der Waals surface area contributed by atoms with Crippen LogP contribution in [-0.4, -0.2) is 55.3 Å². The van der Waals surface area contributed by atoms with E-state index in [9.17, 15) is 4.79 Å². The molecule has 0 saturated carbocycles. The molecule has 0 aliphatic rings. The molecular formula is C25H26N4O5S2. The molecule has 188 valence electrons.